The number of aromatic nitrogens is 1. The lowest BCUT2D eigenvalue weighted by Gasteiger charge is -2.16. The van der Waals surface area contributed by atoms with Gasteiger partial charge in [0.2, 0.25) is 0 Å². The summed E-state index contributed by atoms with van der Waals surface area (Å²) in [6, 6.07) is 3.72. The number of hydrogen-bond acceptors (Lipinski definition) is 5. The molecule has 0 aliphatic rings. The van der Waals surface area contributed by atoms with Crippen LogP contribution in [0.5, 0.6) is 0 Å². The molecule has 0 unspecified atom stereocenters. The predicted molar refractivity (Wildman–Crippen MR) is 66.5 cm³/mol. The van der Waals surface area contributed by atoms with E-state index < -0.39 is 0 Å². The first kappa shape index (κ1) is 12.7. The minimum absolute atomic E-state index is 0.683. The zero-order valence-corrected chi connectivity index (χ0v) is 9.94. The van der Waals surface area contributed by atoms with Gasteiger partial charge in [0.1, 0.15) is 5.82 Å². The predicted octanol–water partition coefficient (Wildman–Crippen LogP) is 0.654. The molecule has 0 bridgehead atoms. The fraction of sp³-hybridized carbons (Fsp3) is 0.545. The molecule has 0 atom stereocenters. The van der Waals surface area contributed by atoms with Crippen LogP contribution in [0.2, 0.25) is 0 Å². The molecule has 0 aliphatic carbocycles. The quantitative estimate of drug-likeness (QED) is 0.712. The molecule has 0 spiro atoms. The van der Waals surface area contributed by atoms with Crippen LogP contribution in [-0.4, -0.2) is 50.3 Å². The summed E-state index contributed by atoms with van der Waals surface area (Å²) >= 11 is 0. The van der Waals surface area contributed by atoms with Crippen molar-refractivity contribution in [2.45, 2.75) is 0 Å². The fourth-order valence-electron chi connectivity index (χ4n) is 1.24. The molecular weight excluding hydrogens is 204 g/mol. The number of anilines is 2. The van der Waals surface area contributed by atoms with Crippen molar-refractivity contribution < 1.29 is 4.74 Å². The van der Waals surface area contributed by atoms with Gasteiger partial charge in [0.25, 0.3) is 0 Å². The number of pyridine rings is 1. The van der Waals surface area contributed by atoms with Gasteiger partial charge in [-0.05, 0) is 19.2 Å². The summed E-state index contributed by atoms with van der Waals surface area (Å²) < 4.78 is 5.00. The van der Waals surface area contributed by atoms with Gasteiger partial charge in [-0.1, -0.05) is 0 Å². The van der Waals surface area contributed by atoms with Crippen molar-refractivity contribution >= 4 is 11.5 Å². The van der Waals surface area contributed by atoms with Gasteiger partial charge in [-0.15, -0.1) is 0 Å². The van der Waals surface area contributed by atoms with Gasteiger partial charge in [0, 0.05) is 26.7 Å². The largest absolute Gasteiger partial charge is 0.397 e. The normalized spacial score (nSPS) is 10.7. The van der Waals surface area contributed by atoms with Crippen LogP contribution in [0.25, 0.3) is 0 Å². The Morgan fingerprint density at radius 2 is 2.25 bits per heavy atom. The van der Waals surface area contributed by atoms with Gasteiger partial charge in [0.05, 0.1) is 18.5 Å². The first-order chi connectivity index (χ1) is 7.72. The van der Waals surface area contributed by atoms with Crippen LogP contribution in [0.1, 0.15) is 0 Å². The van der Waals surface area contributed by atoms with Crippen LogP contribution in [-0.2, 0) is 4.74 Å². The second-order valence-corrected chi connectivity index (χ2v) is 3.70. The topological polar surface area (TPSA) is 63.4 Å². The van der Waals surface area contributed by atoms with E-state index in [4.69, 9.17) is 10.5 Å². The summed E-state index contributed by atoms with van der Waals surface area (Å²) in [5.74, 6) is 0.856. The van der Waals surface area contributed by atoms with Crippen molar-refractivity contribution in [3.8, 4) is 0 Å². The van der Waals surface area contributed by atoms with E-state index >= 15 is 0 Å². The van der Waals surface area contributed by atoms with Crippen molar-refractivity contribution in [2.75, 3.05) is 51.4 Å². The summed E-state index contributed by atoms with van der Waals surface area (Å²) in [5.41, 5.74) is 6.23. The third kappa shape index (κ3) is 4.95. The lowest BCUT2D eigenvalue weighted by molar-refractivity contribution is 0.163. The maximum Gasteiger partial charge on any atom is 0.126 e. The second kappa shape index (κ2) is 7.03. The first-order valence-electron chi connectivity index (χ1n) is 5.35. The Morgan fingerprint density at radius 1 is 1.44 bits per heavy atom. The zero-order chi connectivity index (χ0) is 11.8. The maximum absolute atomic E-state index is 5.55. The van der Waals surface area contributed by atoms with Crippen LogP contribution in [0.4, 0.5) is 11.5 Å². The summed E-state index contributed by atoms with van der Waals surface area (Å²) in [6.45, 7) is 3.51. The SMILES string of the molecule is COCCN(C)CCNc1ccc(N)cn1. The van der Waals surface area contributed by atoms with E-state index in [1.807, 2.05) is 12.1 Å². The molecule has 0 saturated carbocycles. The third-order valence-corrected chi connectivity index (χ3v) is 2.26. The van der Waals surface area contributed by atoms with Gasteiger partial charge in [-0.2, -0.15) is 0 Å². The molecule has 0 saturated heterocycles. The molecule has 5 nitrogen and oxygen atoms in total. The molecule has 1 aromatic heterocycles. The molecule has 1 aromatic rings. The summed E-state index contributed by atoms with van der Waals surface area (Å²) in [7, 11) is 3.78. The minimum atomic E-state index is 0.683. The standard InChI is InChI=1S/C11H20N4O/c1-15(7-8-16-2)6-5-13-11-4-3-10(12)9-14-11/h3-4,9H,5-8,12H2,1-2H3,(H,13,14). The number of rotatable bonds is 7. The molecule has 0 fully saturated rings. The zero-order valence-electron chi connectivity index (χ0n) is 9.94. The van der Waals surface area contributed by atoms with Gasteiger partial charge < -0.3 is 20.7 Å². The van der Waals surface area contributed by atoms with E-state index in [9.17, 15) is 0 Å². The van der Waals surface area contributed by atoms with Crippen molar-refractivity contribution in [3.05, 3.63) is 18.3 Å². The Labute approximate surface area is 96.6 Å². The second-order valence-electron chi connectivity index (χ2n) is 3.70. The van der Waals surface area contributed by atoms with E-state index in [1.165, 1.54) is 0 Å². The average molecular weight is 224 g/mol. The Morgan fingerprint density at radius 3 is 2.88 bits per heavy atom. The number of ether oxygens (including phenoxy) is 1. The monoisotopic (exact) mass is 224 g/mol. The molecular formula is C11H20N4O. The molecule has 1 heterocycles. The maximum atomic E-state index is 5.55. The highest BCUT2D eigenvalue weighted by atomic mass is 16.5. The molecule has 1 rings (SSSR count). The van der Waals surface area contributed by atoms with Gasteiger partial charge in [-0.3, -0.25) is 0 Å². The third-order valence-electron chi connectivity index (χ3n) is 2.26. The highest BCUT2D eigenvalue weighted by Gasteiger charge is 1.97. The molecule has 3 N–H and O–H groups in total. The van der Waals surface area contributed by atoms with Crippen molar-refractivity contribution in [1.82, 2.24) is 9.88 Å². The summed E-state index contributed by atoms with van der Waals surface area (Å²) in [4.78, 5) is 6.36. The number of nitrogens with zero attached hydrogens (tertiary/aromatic N) is 2. The molecule has 0 radical (unpaired) electrons. The van der Waals surface area contributed by atoms with Crippen LogP contribution < -0.4 is 11.1 Å². The van der Waals surface area contributed by atoms with Crippen LogP contribution in [0.3, 0.4) is 0 Å². The number of likely N-dealkylation sites (N-methyl/N-ethyl adjacent to an activating group) is 1. The lowest BCUT2D eigenvalue weighted by atomic mass is 10.4. The van der Waals surface area contributed by atoms with E-state index in [0.717, 1.165) is 32.1 Å². The average Bonchev–Trinajstić information content (AvgIpc) is 2.29. The number of nitrogens with one attached hydrogen (secondary N) is 1. The number of nitrogens with two attached hydrogens (primary N) is 1. The van der Waals surface area contributed by atoms with E-state index in [0.29, 0.717) is 5.69 Å². The summed E-state index contributed by atoms with van der Waals surface area (Å²) in [6.07, 6.45) is 1.65. The van der Waals surface area contributed by atoms with Gasteiger partial charge in [-0.25, -0.2) is 4.98 Å². The first-order valence-corrected chi connectivity index (χ1v) is 5.35. The molecule has 0 aliphatic heterocycles. The molecule has 0 aromatic carbocycles. The van der Waals surface area contributed by atoms with Crippen molar-refractivity contribution in [3.63, 3.8) is 0 Å². The van der Waals surface area contributed by atoms with Crippen LogP contribution >= 0.6 is 0 Å². The van der Waals surface area contributed by atoms with E-state index in [2.05, 4.69) is 22.2 Å². The fourth-order valence-corrected chi connectivity index (χ4v) is 1.24. The Balaban J connectivity index is 2.17. The number of methoxy groups -OCH3 is 1. The Hall–Kier alpha value is -1.33. The molecule has 5 heteroatoms. The van der Waals surface area contributed by atoms with Gasteiger partial charge in [0.15, 0.2) is 0 Å². The highest BCUT2D eigenvalue weighted by Crippen LogP contribution is 2.04. The molecule has 0 amide bonds. The van der Waals surface area contributed by atoms with Crippen LogP contribution in [0, 0.1) is 0 Å². The molecule has 16 heavy (non-hydrogen) atoms. The smallest absolute Gasteiger partial charge is 0.126 e. The minimum Gasteiger partial charge on any atom is -0.397 e. The van der Waals surface area contributed by atoms with Crippen LogP contribution in [0.15, 0.2) is 18.3 Å². The van der Waals surface area contributed by atoms with Crippen molar-refractivity contribution in [1.29, 1.82) is 0 Å². The number of nitrogen functional groups attached to an aromatic ring is 1. The van der Waals surface area contributed by atoms with E-state index in [-0.39, 0.29) is 0 Å². The Kier molecular flexibility index (Phi) is 5.60. The highest BCUT2D eigenvalue weighted by molar-refractivity contribution is 5.43. The van der Waals surface area contributed by atoms with E-state index in [1.54, 1.807) is 13.3 Å². The van der Waals surface area contributed by atoms with Gasteiger partial charge >= 0.3 is 0 Å². The Bertz CT molecular complexity index is 289. The molecule has 90 valence electrons. The lowest BCUT2D eigenvalue weighted by Crippen LogP contribution is -2.28. The summed E-state index contributed by atoms with van der Waals surface area (Å²) in [5, 5.41) is 3.23. The van der Waals surface area contributed by atoms with Crippen molar-refractivity contribution in [2.24, 2.45) is 0 Å². The number of hydrogen-bond donors (Lipinski definition) is 2.